The zero-order valence-electron chi connectivity index (χ0n) is 11.5. The molecule has 1 aromatic heterocycles. The van der Waals surface area contributed by atoms with Gasteiger partial charge in [0.05, 0.1) is 6.61 Å². The van der Waals surface area contributed by atoms with Gasteiger partial charge in [-0.3, -0.25) is 9.59 Å². The lowest BCUT2D eigenvalue weighted by Gasteiger charge is -2.11. The fourth-order valence-electron chi connectivity index (χ4n) is 1.72. The summed E-state index contributed by atoms with van der Waals surface area (Å²) in [6.07, 6.45) is 0. The Morgan fingerprint density at radius 3 is 2.71 bits per heavy atom. The van der Waals surface area contributed by atoms with Crippen LogP contribution in [0, 0.1) is 0 Å². The summed E-state index contributed by atoms with van der Waals surface area (Å²) in [5.41, 5.74) is 1.53. The van der Waals surface area contributed by atoms with Gasteiger partial charge in [0, 0.05) is 16.6 Å². The Hall–Kier alpha value is -2.18. The van der Waals surface area contributed by atoms with Crippen LogP contribution in [-0.4, -0.2) is 29.6 Å². The van der Waals surface area contributed by atoms with E-state index in [0.717, 1.165) is 10.4 Å². The molecule has 1 atom stereocenters. The lowest BCUT2D eigenvalue weighted by molar-refractivity contribution is -0.136. The number of nitrogens with one attached hydrogen (secondary N) is 2. The molecule has 0 saturated heterocycles. The third kappa shape index (κ3) is 4.14. The van der Waals surface area contributed by atoms with E-state index in [2.05, 4.69) is 10.6 Å². The highest BCUT2D eigenvalue weighted by molar-refractivity contribution is 7.13. The Kier molecular flexibility index (Phi) is 5.08. The normalized spacial score (nSPS) is 11.7. The first-order valence-corrected chi connectivity index (χ1v) is 7.34. The van der Waals surface area contributed by atoms with Gasteiger partial charge in [-0.15, -0.1) is 11.3 Å². The van der Waals surface area contributed by atoms with Crippen molar-refractivity contribution in [2.75, 3.05) is 11.9 Å². The molecule has 1 aromatic carbocycles. The van der Waals surface area contributed by atoms with E-state index >= 15 is 0 Å². The van der Waals surface area contributed by atoms with E-state index in [-0.39, 0.29) is 6.61 Å². The third-order valence-corrected chi connectivity index (χ3v) is 3.70. The van der Waals surface area contributed by atoms with Gasteiger partial charge in [-0.1, -0.05) is 18.2 Å². The van der Waals surface area contributed by atoms with E-state index in [4.69, 9.17) is 5.11 Å². The molecule has 0 radical (unpaired) electrons. The highest BCUT2D eigenvalue weighted by Gasteiger charge is 2.16. The van der Waals surface area contributed by atoms with Crippen LogP contribution in [0.15, 0.2) is 41.8 Å². The van der Waals surface area contributed by atoms with Crippen molar-refractivity contribution in [3.05, 3.63) is 41.8 Å². The van der Waals surface area contributed by atoms with Gasteiger partial charge in [-0.05, 0) is 36.1 Å². The van der Waals surface area contributed by atoms with E-state index in [1.807, 2.05) is 35.7 Å². The predicted molar refractivity (Wildman–Crippen MR) is 83.1 cm³/mol. The molecule has 1 heterocycles. The summed E-state index contributed by atoms with van der Waals surface area (Å²) in [6.45, 7) is 1.40. The van der Waals surface area contributed by atoms with Crippen LogP contribution in [0.3, 0.4) is 0 Å². The second-order valence-corrected chi connectivity index (χ2v) is 5.52. The molecule has 2 rings (SSSR count). The summed E-state index contributed by atoms with van der Waals surface area (Å²) in [5, 5.41) is 15.8. The number of carbonyl (C=O) groups is 2. The largest absolute Gasteiger partial charge is 0.394 e. The Morgan fingerprint density at radius 2 is 2.05 bits per heavy atom. The van der Waals surface area contributed by atoms with Crippen molar-refractivity contribution in [1.82, 2.24) is 5.32 Å². The summed E-state index contributed by atoms with van der Waals surface area (Å²) >= 11 is 1.60. The molecule has 0 saturated carbocycles. The number of rotatable bonds is 4. The van der Waals surface area contributed by atoms with E-state index in [1.165, 1.54) is 0 Å². The minimum Gasteiger partial charge on any atom is -0.394 e. The number of thiophene rings is 1. The maximum atomic E-state index is 11.8. The zero-order valence-corrected chi connectivity index (χ0v) is 12.3. The monoisotopic (exact) mass is 304 g/mol. The minimum atomic E-state index is -0.766. The highest BCUT2D eigenvalue weighted by Crippen LogP contribution is 2.26. The Balaban J connectivity index is 2.04. The topological polar surface area (TPSA) is 78.4 Å². The second-order valence-electron chi connectivity index (χ2n) is 4.57. The van der Waals surface area contributed by atoms with Crippen LogP contribution in [0.4, 0.5) is 5.69 Å². The van der Waals surface area contributed by atoms with Crippen LogP contribution in [-0.2, 0) is 9.59 Å². The lowest BCUT2D eigenvalue weighted by Crippen LogP contribution is -2.42. The SMILES string of the molecule is CC(CO)NC(=O)C(=O)Nc1cccc(-c2cccs2)c1. The van der Waals surface area contributed by atoms with Crippen LogP contribution >= 0.6 is 11.3 Å². The van der Waals surface area contributed by atoms with E-state index < -0.39 is 17.9 Å². The van der Waals surface area contributed by atoms with Gasteiger partial charge in [0.2, 0.25) is 0 Å². The number of benzene rings is 1. The molecule has 2 amide bonds. The molecule has 0 aliphatic carbocycles. The predicted octanol–water partition coefficient (Wildman–Crippen LogP) is 1.85. The number of aliphatic hydroxyl groups is 1. The molecule has 1 unspecified atom stereocenters. The molecule has 110 valence electrons. The molecule has 3 N–H and O–H groups in total. The smallest absolute Gasteiger partial charge is 0.313 e. The zero-order chi connectivity index (χ0) is 15.2. The average Bonchev–Trinajstić information content (AvgIpc) is 3.01. The molecular weight excluding hydrogens is 288 g/mol. The van der Waals surface area contributed by atoms with Crippen LogP contribution in [0.5, 0.6) is 0 Å². The van der Waals surface area contributed by atoms with Crippen molar-refractivity contribution in [3.8, 4) is 10.4 Å². The molecular formula is C15H16N2O3S. The number of hydrogen-bond donors (Lipinski definition) is 3. The molecule has 2 aromatic rings. The number of hydrogen-bond acceptors (Lipinski definition) is 4. The van der Waals surface area contributed by atoms with Gasteiger partial charge in [0.25, 0.3) is 0 Å². The number of aliphatic hydroxyl groups excluding tert-OH is 1. The van der Waals surface area contributed by atoms with E-state index in [1.54, 1.807) is 24.3 Å². The van der Waals surface area contributed by atoms with Crippen LogP contribution in [0.1, 0.15) is 6.92 Å². The van der Waals surface area contributed by atoms with E-state index in [9.17, 15) is 9.59 Å². The quantitative estimate of drug-likeness (QED) is 0.754. The maximum Gasteiger partial charge on any atom is 0.313 e. The van der Waals surface area contributed by atoms with Gasteiger partial charge in [0.1, 0.15) is 0 Å². The van der Waals surface area contributed by atoms with Gasteiger partial charge in [-0.25, -0.2) is 0 Å². The van der Waals surface area contributed by atoms with Gasteiger partial charge >= 0.3 is 11.8 Å². The van der Waals surface area contributed by atoms with Crippen LogP contribution in [0.2, 0.25) is 0 Å². The second kappa shape index (κ2) is 7.01. The van der Waals surface area contributed by atoms with Crippen LogP contribution < -0.4 is 10.6 Å². The summed E-state index contributed by atoms with van der Waals surface area (Å²) in [4.78, 5) is 24.4. The Labute approximate surface area is 126 Å². The van der Waals surface area contributed by atoms with Crippen molar-refractivity contribution >= 4 is 28.8 Å². The average molecular weight is 304 g/mol. The van der Waals surface area contributed by atoms with Gasteiger partial charge in [-0.2, -0.15) is 0 Å². The molecule has 5 nitrogen and oxygen atoms in total. The van der Waals surface area contributed by atoms with Crippen LogP contribution in [0.25, 0.3) is 10.4 Å². The molecule has 0 aliphatic rings. The molecule has 0 bridgehead atoms. The highest BCUT2D eigenvalue weighted by atomic mass is 32.1. The first-order chi connectivity index (χ1) is 10.1. The summed E-state index contributed by atoms with van der Waals surface area (Å²) in [5.74, 6) is -1.52. The fourth-order valence-corrected chi connectivity index (χ4v) is 2.44. The molecule has 0 spiro atoms. The van der Waals surface area contributed by atoms with Gasteiger partial charge < -0.3 is 15.7 Å². The summed E-state index contributed by atoms with van der Waals surface area (Å²) in [6, 6.07) is 10.8. The van der Waals surface area contributed by atoms with Crippen molar-refractivity contribution in [2.24, 2.45) is 0 Å². The van der Waals surface area contributed by atoms with Crippen molar-refractivity contribution in [1.29, 1.82) is 0 Å². The first kappa shape index (κ1) is 15.2. The van der Waals surface area contributed by atoms with Crippen molar-refractivity contribution in [3.63, 3.8) is 0 Å². The standard InChI is InChI=1S/C15H16N2O3S/c1-10(9-18)16-14(19)15(20)17-12-5-2-4-11(8-12)13-6-3-7-21-13/h2-8,10,18H,9H2,1H3,(H,16,19)(H,17,20). The molecule has 0 aliphatic heterocycles. The third-order valence-electron chi connectivity index (χ3n) is 2.78. The number of anilines is 1. The number of amides is 2. The summed E-state index contributed by atoms with van der Waals surface area (Å²) in [7, 11) is 0. The van der Waals surface area contributed by atoms with Crippen molar-refractivity contribution in [2.45, 2.75) is 13.0 Å². The number of carbonyl (C=O) groups excluding carboxylic acids is 2. The Bertz CT molecular complexity index is 626. The van der Waals surface area contributed by atoms with Gasteiger partial charge in [0.15, 0.2) is 0 Å². The Morgan fingerprint density at radius 1 is 1.24 bits per heavy atom. The first-order valence-electron chi connectivity index (χ1n) is 6.47. The molecule has 6 heteroatoms. The maximum absolute atomic E-state index is 11.8. The lowest BCUT2D eigenvalue weighted by atomic mass is 10.1. The van der Waals surface area contributed by atoms with E-state index in [0.29, 0.717) is 5.69 Å². The molecule has 0 fully saturated rings. The minimum absolute atomic E-state index is 0.215. The summed E-state index contributed by atoms with van der Waals surface area (Å²) < 4.78 is 0. The van der Waals surface area contributed by atoms with Crippen molar-refractivity contribution < 1.29 is 14.7 Å². The fraction of sp³-hybridized carbons (Fsp3) is 0.200. The molecule has 21 heavy (non-hydrogen) atoms.